The zero-order valence-electron chi connectivity index (χ0n) is 13.1. The summed E-state index contributed by atoms with van der Waals surface area (Å²) in [6.45, 7) is 3.67. The Morgan fingerprint density at radius 1 is 1.21 bits per heavy atom. The summed E-state index contributed by atoms with van der Waals surface area (Å²) in [5.74, 6) is -0.449. The number of aryl methyl sites for hydroxylation is 2. The van der Waals surface area contributed by atoms with Gasteiger partial charge in [0.05, 0.1) is 11.3 Å². The molecule has 122 valence electrons. The molecule has 1 heterocycles. The predicted molar refractivity (Wildman–Crippen MR) is 87.4 cm³/mol. The molecule has 0 saturated heterocycles. The number of amides is 1. The minimum Gasteiger partial charge on any atom is -0.508 e. The first-order chi connectivity index (χ1) is 11.4. The van der Waals surface area contributed by atoms with Gasteiger partial charge in [0.15, 0.2) is 0 Å². The first-order valence-corrected chi connectivity index (χ1v) is 7.28. The summed E-state index contributed by atoms with van der Waals surface area (Å²) in [6.07, 6.45) is 0. The number of halogens is 1. The van der Waals surface area contributed by atoms with Gasteiger partial charge in [-0.25, -0.2) is 9.37 Å². The summed E-state index contributed by atoms with van der Waals surface area (Å²) in [7, 11) is 0. The molecular weight excluding hydrogens is 311 g/mol. The van der Waals surface area contributed by atoms with E-state index in [0.29, 0.717) is 17.1 Å². The molecule has 0 bridgehead atoms. The fourth-order valence-electron chi connectivity index (χ4n) is 2.21. The largest absolute Gasteiger partial charge is 0.508 e. The summed E-state index contributed by atoms with van der Waals surface area (Å²) < 4.78 is 19.3. The average Bonchev–Trinajstić information content (AvgIpc) is 2.87. The van der Waals surface area contributed by atoms with Crippen molar-refractivity contribution >= 4 is 11.6 Å². The second kappa shape index (κ2) is 6.16. The highest BCUT2D eigenvalue weighted by Crippen LogP contribution is 2.24. The van der Waals surface area contributed by atoms with Crippen LogP contribution in [-0.4, -0.2) is 16.0 Å². The van der Waals surface area contributed by atoms with Gasteiger partial charge >= 0.3 is 0 Å². The molecule has 0 spiro atoms. The highest BCUT2D eigenvalue weighted by molar-refractivity contribution is 6.04. The lowest BCUT2D eigenvalue weighted by Crippen LogP contribution is -2.13. The molecule has 0 aliphatic heterocycles. The van der Waals surface area contributed by atoms with E-state index in [1.165, 1.54) is 12.1 Å². The molecule has 1 amide bonds. The van der Waals surface area contributed by atoms with Crippen LogP contribution in [-0.2, 0) is 0 Å². The standard InChI is InChI=1S/C18H15FN2O3/c1-10-11(2)24-18(20-10)12-4-3-5-13(8-12)21-17(23)15-7-6-14(22)9-16(15)19/h3-9,22H,1-2H3,(H,21,23). The lowest BCUT2D eigenvalue weighted by molar-refractivity contribution is 0.102. The van der Waals surface area contributed by atoms with Crippen molar-refractivity contribution < 1.29 is 18.7 Å². The Morgan fingerprint density at radius 2 is 2.00 bits per heavy atom. The zero-order chi connectivity index (χ0) is 17.3. The van der Waals surface area contributed by atoms with Gasteiger partial charge in [0.2, 0.25) is 5.89 Å². The number of oxazole rings is 1. The molecule has 24 heavy (non-hydrogen) atoms. The predicted octanol–water partition coefficient (Wildman–Crippen LogP) is 4.06. The molecule has 2 N–H and O–H groups in total. The van der Waals surface area contributed by atoms with Crippen LogP contribution in [0.4, 0.5) is 10.1 Å². The van der Waals surface area contributed by atoms with Crippen LogP contribution in [0.2, 0.25) is 0 Å². The minimum atomic E-state index is -0.789. The number of aromatic hydroxyl groups is 1. The number of aromatic nitrogens is 1. The number of rotatable bonds is 3. The summed E-state index contributed by atoms with van der Waals surface area (Å²) in [6, 6.07) is 10.3. The Labute approximate surface area is 137 Å². The number of phenolic OH excluding ortho intramolecular Hbond substituents is 1. The van der Waals surface area contributed by atoms with E-state index in [0.717, 1.165) is 17.5 Å². The van der Waals surface area contributed by atoms with Crippen molar-refractivity contribution in [1.29, 1.82) is 0 Å². The lowest BCUT2D eigenvalue weighted by Gasteiger charge is -2.07. The molecule has 0 radical (unpaired) electrons. The number of nitrogens with one attached hydrogen (secondary N) is 1. The van der Waals surface area contributed by atoms with Gasteiger partial charge in [-0.1, -0.05) is 6.07 Å². The van der Waals surface area contributed by atoms with Crippen molar-refractivity contribution in [1.82, 2.24) is 4.98 Å². The van der Waals surface area contributed by atoms with Gasteiger partial charge in [-0.15, -0.1) is 0 Å². The maximum absolute atomic E-state index is 13.7. The van der Waals surface area contributed by atoms with Crippen LogP contribution in [0, 0.1) is 19.7 Å². The van der Waals surface area contributed by atoms with Gasteiger partial charge in [-0.05, 0) is 44.2 Å². The molecule has 3 rings (SSSR count). The maximum atomic E-state index is 13.7. The third-order valence-corrected chi connectivity index (χ3v) is 3.59. The van der Waals surface area contributed by atoms with Crippen LogP contribution in [0.25, 0.3) is 11.5 Å². The van der Waals surface area contributed by atoms with Crippen molar-refractivity contribution in [2.75, 3.05) is 5.32 Å². The van der Waals surface area contributed by atoms with Crippen LogP contribution in [0.3, 0.4) is 0 Å². The molecule has 0 atom stereocenters. The molecule has 2 aromatic carbocycles. The number of hydrogen-bond donors (Lipinski definition) is 2. The monoisotopic (exact) mass is 326 g/mol. The molecule has 3 aromatic rings. The van der Waals surface area contributed by atoms with Gasteiger partial charge in [0, 0.05) is 17.3 Å². The highest BCUT2D eigenvalue weighted by Gasteiger charge is 2.14. The molecule has 0 fully saturated rings. The van der Waals surface area contributed by atoms with Gasteiger partial charge in [-0.2, -0.15) is 0 Å². The Hall–Kier alpha value is -3.15. The van der Waals surface area contributed by atoms with Gasteiger partial charge in [0.1, 0.15) is 17.3 Å². The van der Waals surface area contributed by atoms with E-state index in [2.05, 4.69) is 10.3 Å². The fraction of sp³-hybridized carbons (Fsp3) is 0.111. The van der Waals surface area contributed by atoms with Crippen molar-refractivity contribution in [2.24, 2.45) is 0 Å². The number of carbonyl (C=O) groups excluding carboxylic acids is 1. The molecule has 0 aliphatic carbocycles. The number of hydrogen-bond acceptors (Lipinski definition) is 4. The molecule has 6 heteroatoms. The third-order valence-electron chi connectivity index (χ3n) is 3.59. The Morgan fingerprint density at radius 3 is 2.67 bits per heavy atom. The van der Waals surface area contributed by atoms with Gasteiger partial charge in [-0.3, -0.25) is 4.79 Å². The molecule has 0 saturated carbocycles. The lowest BCUT2D eigenvalue weighted by atomic mass is 10.1. The number of benzene rings is 2. The SMILES string of the molecule is Cc1nc(-c2cccc(NC(=O)c3ccc(O)cc3F)c2)oc1C. The summed E-state index contributed by atoms with van der Waals surface area (Å²) >= 11 is 0. The second-order valence-corrected chi connectivity index (χ2v) is 5.36. The van der Waals surface area contributed by atoms with Crippen LogP contribution in [0.5, 0.6) is 5.75 Å². The quantitative estimate of drug-likeness (QED) is 0.761. The first-order valence-electron chi connectivity index (χ1n) is 7.28. The number of anilines is 1. The van der Waals surface area contributed by atoms with Gasteiger partial charge in [0.25, 0.3) is 5.91 Å². The van der Waals surface area contributed by atoms with Crippen LogP contribution < -0.4 is 5.32 Å². The van der Waals surface area contributed by atoms with E-state index in [1.54, 1.807) is 18.2 Å². The Kier molecular flexibility index (Phi) is 4.04. The van der Waals surface area contributed by atoms with E-state index >= 15 is 0 Å². The van der Waals surface area contributed by atoms with Crippen LogP contribution in [0.1, 0.15) is 21.8 Å². The smallest absolute Gasteiger partial charge is 0.258 e. The van der Waals surface area contributed by atoms with E-state index in [9.17, 15) is 14.3 Å². The Bertz CT molecular complexity index is 899. The topological polar surface area (TPSA) is 75.4 Å². The van der Waals surface area contributed by atoms with E-state index in [4.69, 9.17) is 4.42 Å². The second-order valence-electron chi connectivity index (χ2n) is 5.36. The molecule has 0 unspecified atom stereocenters. The van der Waals surface area contributed by atoms with Crippen molar-refractivity contribution in [3.05, 3.63) is 65.3 Å². The number of carbonyl (C=O) groups is 1. The molecule has 1 aromatic heterocycles. The molecular formula is C18H15FN2O3. The minimum absolute atomic E-state index is 0.152. The van der Waals surface area contributed by atoms with E-state index in [1.807, 2.05) is 19.9 Å². The maximum Gasteiger partial charge on any atom is 0.258 e. The summed E-state index contributed by atoms with van der Waals surface area (Å²) in [5.41, 5.74) is 1.83. The van der Waals surface area contributed by atoms with Crippen molar-refractivity contribution in [2.45, 2.75) is 13.8 Å². The average molecular weight is 326 g/mol. The van der Waals surface area contributed by atoms with E-state index in [-0.39, 0.29) is 11.3 Å². The van der Waals surface area contributed by atoms with Crippen molar-refractivity contribution in [3.63, 3.8) is 0 Å². The normalized spacial score (nSPS) is 10.6. The Balaban J connectivity index is 1.85. The van der Waals surface area contributed by atoms with Crippen molar-refractivity contribution in [3.8, 4) is 17.2 Å². The zero-order valence-corrected chi connectivity index (χ0v) is 13.1. The summed E-state index contributed by atoms with van der Waals surface area (Å²) in [5, 5.41) is 11.8. The number of nitrogens with zero attached hydrogens (tertiary/aromatic N) is 1. The highest BCUT2D eigenvalue weighted by atomic mass is 19.1. The summed E-state index contributed by atoms with van der Waals surface area (Å²) in [4.78, 5) is 16.5. The number of phenols is 1. The fourth-order valence-corrected chi connectivity index (χ4v) is 2.21. The molecule has 0 aliphatic rings. The first kappa shape index (κ1) is 15.7. The third kappa shape index (κ3) is 3.12. The molecule has 5 nitrogen and oxygen atoms in total. The van der Waals surface area contributed by atoms with Crippen LogP contribution in [0.15, 0.2) is 46.9 Å². The van der Waals surface area contributed by atoms with Crippen LogP contribution >= 0.6 is 0 Å². The van der Waals surface area contributed by atoms with E-state index < -0.39 is 11.7 Å². The van der Waals surface area contributed by atoms with Gasteiger partial charge < -0.3 is 14.8 Å².